The van der Waals surface area contributed by atoms with Crippen molar-refractivity contribution in [1.29, 1.82) is 0 Å². The Morgan fingerprint density at radius 2 is 2.00 bits per heavy atom. The van der Waals surface area contributed by atoms with Gasteiger partial charge in [0, 0.05) is 11.6 Å². The molecule has 1 N–H and O–H groups in total. The van der Waals surface area contributed by atoms with Gasteiger partial charge in [0.2, 0.25) is 0 Å². The summed E-state index contributed by atoms with van der Waals surface area (Å²) >= 11 is 0. The normalized spacial score (nSPS) is 31.6. The third-order valence-electron chi connectivity index (χ3n) is 4.65. The molecule has 0 amide bonds. The minimum absolute atomic E-state index is 0.228. The van der Waals surface area contributed by atoms with Crippen LogP contribution in [-0.4, -0.2) is 11.6 Å². The first-order valence-electron chi connectivity index (χ1n) is 7.38. The van der Waals surface area contributed by atoms with Crippen molar-refractivity contribution in [3.63, 3.8) is 0 Å². The van der Waals surface area contributed by atoms with Crippen LogP contribution in [0.4, 0.5) is 0 Å². The Balaban J connectivity index is 1.93. The Morgan fingerprint density at radius 1 is 1.24 bits per heavy atom. The second-order valence-electron chi connectivity index (χ2n) is 5.83. The molecule has 0 spiro atoms. The maximum absolute atomic E-state index is 3.91. The third kappa shape index (κ3) is 3.22. The monoisotopic (exact) mass is 233 g/mol. The van der Waals surface area contributed by atoms with Crippen molar-refractivity contribution in [3.8, 4) is 0 Å². The van der Waals surface area contributed by atoms with Crippen molar-refractivity contribution >= 4 is 0 Å². The lowest BCUT2D eigenvalue weighted by molar-refractivity contribution is 0.234. The molecule has 2 unspecified atom stereocenters. The molecule has 2 aliphatic carbocycles. The summed E-state index contributed by atoms with van der Waals surface area (Å²) < 4.78 is 0. The molecule has 1 nitrogen and oxygen atoms in total. The highest BCUT2D eigenvalue weighted by Gasteiger charge is 2.29. The molecule has 96 valence electrons. The van der Waals surface area contributed by atoms with Crippen LogP contribution in [0.1, 0.15) is 58.8 Å². The average molecular weight is 233 g/mol. The third-order valence-corrected chi connectivity index (χ3v) is 4.65. The predicted octanol–water partition coefficient (Wildman–Crippen LogP) is 4.21. The van der Waals surface area contributed by atoms with E-state index >= 15 is 0 Å². The molecule has 0 aromatic heterocycles. The first-order chi connectivity index (χ1) is 8.26. The van der Waals surface area contributed by atoms with Crippen LogP contribution in [0.3, 0.4) is 0 Å². The fourth-order valence-corrected chi connectivity index (χ4v) is 3.34. The van der Waals surface area contributed by atoms with Gasteiger partial charge in [0.15, 0.2) is 0 Å². The molecular weight excluding hydrogens is 206 g/mol. The minimum Gasteiger partial charge on any atom is -0.305 e. The summed E-state index contributed by atoms with van der Waals surface area (Å²) in [5, 5.41) is 3.91. The Hall–Kier alpha value is -0.560. The van der Waals surface area contributed by atoms with E-state index in [1.165, 1.54) is 38.5 Å². The molecule has 0 saturated heterocycles. The van der Waals surface area contributed by atoms with E-state index < -0.39 is 0 Å². The van der Waals surface area contributed by atoms with Crippen molar-refractivity contribution in [2.45, 2.75) is 70.4 Å². The molecule has 0 radical (unpaired) electrons. The average Bonchev–Trinajstić information content (AvgIpc) is 2.41. The molecule has 2 aliphatic rings. The van der Waals surface area contributed by atoms with Crippen LogP contribution in [0.15, 0.2) is 24.3 Å². The summed E-state index contributed by atoms with van der Waals surface area (Å²) in [5.41, 5.74) is 0.228. The number of hydrogen-bond donors (Lipinski definition) is 1. The van der Waals surface area contributed by atoms with Crippen molar-refractivity contribution in [2.24, 2.45) is 5.92 Å². The lowest BCUT2D eigenvalue weighted by atomic mass is 9.81. The van der Waals surface area contributed by atoms with E-state index in [4.69, 9.17) is 0 Å². The summed E-state index contributed by atoms with van der Waals surface area (Å²) in [6.07, 6.45) is 18.5. The quantitative estimate of drug-likeness (QED) is 0.767. The molecule has 0 aliphatic heterocycles. The topological polar surface area (TPSA) is 12.0 Å². The highest BCUT2D eigenvalue weighted by atomic mass is 15.0. The fourth-order valence-electron chi connectivity index (χ4n) is 3.34. The molecule has 0 heterocycles. The van der Waals surface area contributed by atoms with E-state index in [1.54, 1.807) is 0 Å². The molecule has 1 heteroatoms. The van der Waals surface area contributed by atoms with E-state index in [0.29, 0.717) is 6.04 Å². The van der Waals surface area contributed by atoms with Gasteiger partial charge in [0.1, 0.15) is 0 Å². The van der Waals surface area contributed by atoms with Gasteiger partial charge in [0.05, 0.1) is 0 Å². The molecule has 2 rings (SSSR count). The summed E-state index contributed by atoms with van der Waals surface area (Å²) in [6, 6.07) is 0.659. The zero-order chi connectivity index (χ0) is 12.1. The Bertz CT molecular complexity index is 286. The lowest BCUT2D eigenvalue weighted by Gasteiger charge is -2.38. The second-order valence-corrected chi connectivity index (χ2v) is 5.83. The zero-order valence-electron chi connectivity index (χ0n) is 11.4. The highest BCUT2D eigenvalue weighted by molar-refractivity contribution is 5.21. The van der Waals surface area contributed by atoms with E-state index in [1.807, 2.05) is 0 Å². The van der Waals surface area contributed by atoms with Crippen molar-refractivity contribution in [2.75, 3.05) is 0 Å². The molecule has 1 fully saturated rings. The lowest BCUT2D eigenvalue weighted by Crippen LogP contribution is -2.50. The number of rotatable bonds is 4. The number of allylic oxidation sites excluding steroid dienone is 2. The van der Waals surface area contributed by atoms with Gasteiger partial charge < -0.3 is 5.32 Å². The van der Waals surface area contributed by atoms with Gasteiger partial charge in [-0.3, -0.25) is 0 Å². The van der Waals surface area contributed by atoms with Gasteiger partial charge in [-0.05, 0) is 38.5 Å². The first-order valence-corrected chi connectivity index (χ1v) is 7.38. The van der Waals surface area contributed by atoms with Crippen LogP contribution >= 0.6 is 0 Å². The van der Waals surface area contributed by atoms with E-state index in [-0.39, 0.29) is 5.54 Å². The minimum atomic E-state index is 0.228. The number of nitrogens with one attached hydrogen (secondary N) is 1. The van der Waals surface area contributed by atoms with E-state index in [9.17, 15) is 0 Å². The highest BCUT2D eigenvalue weighted by Crippen LogP contribution is 2.29. The largest absolute Gasteiger partial charge is 0.305 e. The van der Waals surface area contributed by atoms with Gasteiger partial charge in [-0.1, -0.05) is 50.5 Å². The summed E-state index contributed by atoms with van der Waals surface area (Å²) in [6.45, 7) is 4.68. The Kier molecular flexibility index (Phi) is 4.44. The Morgan fingerprint density at radius 3 is 2.59 bits per heavy atom. The standard InChI is InChI=1S/C16H27N/c1-3-16(12-8-5-9-13-16)17-14(2)15-10-6-4-7-11-15/h5,8-9,12,14-15,17H,3-4,6-7,10-11,13H2,1-2H3. The molecule has 1 saturated carbocycles. The molecule has 0 aromatic carbocycles. The van der Waals surface area contributed by atoms with E-state index in [0.717, 1.165) is 12.3 Å². The smallest absolute Gasteiger partial charge is 0.0401 e. The van der Waals surface area contributed by atoms with Crippen LogP contribution in [0.25, 0.3) is 0 Å². The molecule has 2 atom stereocenters. The number of hydrogen-bond acceptors (Lipinski definition) is 1. The first kappa shape index (κ1) is 12.9. The Labute approximate surface area is 106 Å². The molecule has 0 bridgehead atoms. The summed E-state index contributed by atoms with van der Waals surface area (Å²) in [5.74, 6) is 0.895. The predicted molar refractivity (Wildman–Crippen MR) is 75.1 cm³/mol. The van der Waals surface area contributed by atoms with Gasteiger partial charge in [-0.2, -0.15) is 0 Å². The van der Waals surface area contributed by atoms with Crippen LogP contribution in [0, 0.1) is 5.92 Å². The van der Waals surface area contributed by atoms with Gasteiger partial charge in [0.25, 0.3) is 0 Å². The van der Waals surface area contributed by atoms with Gasteiger partial charge in [-0.15, -0.1) is 0 Å². The summed E-state index contributed by atoms with van der Waals surface area (Å²) in [4.78, 5) is 0. The van der Waals surface area contributed by atoms with Crippen LogP contribution in [0.2, 0.25) is 0 Å². The van der Waals surface area contributed by atoms with Crippen LogP contribution < -0.4 is 5.32 Å². The van der Waals surface area contributed by atoms with Crippen LogP contribution in [0.5, 0.6) is 0 Å². The second kappa shape index (κ2) is 5.86. The molecular formula is C16H27N. The SMILES string of the molecule is CCC1(NC(C)C2CCCCC2)C=CC=CC1. The van der Waals surface area contributed by atoms with Gasteiger partial charge >= 0.3 is 0 Å². The maximum Gasteiger partial charge on any atom is 0.0401 e. The van der Waals surface area contributed by atoms with Crippen molar-refractivity contribution < 1.29 is 0 Å². The zero-order valence-corrected chi connectivity index (χ0v) is 11.4. The molecule has 17 heavy (non-hydrogen) atoms. The van der Waals surface area contributed by atoms with Crippen molar-refractivity contribution in [3.05, 3.63) is 24.3 Å². The summed E-state index contributed by atoms with van der Waals surface area (Å²) in [7, 11) is 0. The molecule has 0 aromatic rings. The van der Waals surface area contributed by atoms with Crippen molar-refractivity contribution in [1.82, 2.24) is 5.32 Å². The van der Waals surface area contributed by atoms with E-state index in [2.05, 4.69) is 43.5 Å². The van der Waals surface area contributed by atoms with Crippen LogP contribution in [-0.2, 0) is 0 Å². The van der Waals surface area contributed by atoms with Gasteiger partial charge in [-0.25, -0.2) is 0 Å². The maximum atomic E-state index is 3.91. The fraction of sp³-hybridized carbons (Fsp3) is 0.750.